The molecule has 20 heavy (non-hydrogen) atoms. The Morgan fingerprint density at radius 2 is 1.85 bits per heavy atom. The Labute approximate surface area is 116 Å². The molecule has 0 aromatic heterocycles. The SMILES string of the molecule is O=C1CCC(CN2C(=O)NC(=O)C3(CCCC3)C2=O)N1. The maximum atomic E-state index is 12.6. The van der Waals surface area contributed by atoms with Gasteiger partial charge in [-0.15, -0.1) is 0 Å². The molecule has 3 fully saturated rings. The van der Waals surface area contributed by atoms with Crippen LogP contribution in [0.4, 0.5) is 4.79 Å². The Bertz CT molecular complexity index is 496. The minimum atomic E-state index is -1.06. The topological polar surface area (TPSA) is 95.6 Å². The first-order chi connectivity index (χ1) is 9.53. The molecule has 0 aromatic rings. The molecule has 3 rings (SSSR count). The van der Waals surface area contributed by atoms with Crippen LogP contribution >= 0.6 is 0 Å². The average molecular weight is 279 g/mol. The number of nitrogens with one attached hydrogen (secondary N) is 2. The van der Waals surface area contributed by atoms with E-state index < -0.39 is 23.3 Å². The molecule has 1 saturated carbocycles. The number of nitrogens with zero attached hydrogens (tertiary/aromatic N) is 1. The van der Waals surface area contributed by atoms with Crippen molar-refractivity contribution in [2.75, 3.05) is 6.54 Å². The smallest absolute Gasteiger partial charge is 0.330 e. The van der Waals surface area contributed by atoms with E-state index in [9.17, 15) is 19.2 Å². The van der Waals surface area contributed by atoms with Gasteiger partial charge in [-0.2, -0.15) is 0 Å². The molecule has 108 valence electrons. The molecule has 3 aliphatic rings. The van der Waals surface area contributed by atoms with E-state index in [0.29, 0.717) is 25.7 Å². The van der Waals surface area contributed by atoms with Gasteiger partial charge >= 0.3 is 6.03 Å². The molecular formula is C13H17N3O4. The molecule has 1 aliphatic carbocycles. The normalized spacial score (nSPS) is 29.0. The minimum absolute atomic E-state index is 0.0634. The molecule has 0 bridgehead atoms. The standard InChI is InChI=1S/C13H17N3O4/c17-9-4-3-8(14-9)7-16-11(19)13(5-1-2-6-13)10(18)15-12(16)20/h8H,1-7H2,(H,14,17)(H,15,18,20). The van der Waals surface area contributed by atoms with Crippen molar-refractivity contribution in [1.82, 2.24) is 15.5 Å². The van der Waals surface area contributed by atoms with Gasteiger partial charge in [0.05, 0.1) is 6.54 Å². The van der Waals surface area contributed by atoms with Crippen LogP contribution in [0, 0.1) is 5.41 Å². The number of hydrogen-bond donors (Lipinski definition) is 2. The Kier molecular flexibility index (Phi) is 2.99. The Morgan fingerprint density at radius 3 is 2.45 bits per heavy atom. The molecule has 5 amide bonds. The maximum absolute atomic E-state index is 12.6. The lowest BCUT2D eigenvalue weighted by Crippen LogP contribution is -2.64. The van der Waals surface area contributed by atoms with Crippen LogP contribution in [0.3, 0.4) is 0 Å². The van der Waals surface area contributed by atoms with Crippen LogP contribution in [0.25, 0.3) is 0 Å². The van der Waals surface area contributed by atoms with E-state index in [4.69, 9.17) is 0 Å². The monoisotopic (exact) mass is 279 g/mol. The van der Waals surface area contributed by atoms with Crippen LogP contribution in [-0.4, -0.2) is 41.2 Å². The predicted octanol–water partition coefficient (Wildman–Crippen LogP) is -0.0962. The fraction of sp³-hybridized carbons (Fsp3) is 0.692. The van der Waals surface area contributed by atoms with Gasteiger partial charge in [0.25, 0.3) is 0 Å². The van der Waals surface area contributed by atoms with Gasteiger partial charge in [0, 0.05) is 12.5 Å². The Morgan fingerprint density at radius 1 is 1.15 bits per heavy atom. The lowest BCUT2D eigenvalue weighted by molar-refractivity contribution is -0.151. The summed E-state index contributed by atoms with van der Waals surface area (Å²) in [6, 6.07) is -0.873. The number of imide groups is 2. The number of urea groups is 1. The maximum Gasteiger partial charge on any atom is 0.330 e. The van der Waals surface area contributed by atoms with Gasteiger partial charge in [0.15, 0.2) is 0 Å². The van der Waals surface area contributed by atoms with Gasteiger partial charge in [0.2, 0.25) is 17.7 Å². The van der Waals surface area contributed by atoms with Crippen molar-refractivity contribution in [2.45, 2.75) is 44.6 Å². The van der Waals surface area contributed by atoms with Gasteiger partial charge < -0.3 is 5.32 Å². The second kappa shape index (κ2) is 4.57. The number of carbonyl (C=O) groups is 4. The van der Waals surface area contributed by atoms with Crippen molar-refractivity contribution in [1.29, 1.82) is 0 Å². The van der Waals surface area contributed by atoms with E-state index >= 15 is 0 Å². The van der Waals surface area contributed by atoms with E-state index in [1.165, 1.54) is 0 Å². The van der Waals surface area contributed by atoms with Crippen molar-refractivity contribution in [2.24, 2.45) is 5.41 Å². The summed E-state index contributed by atoms with van der Waals surface area (Å²) in [5.74, 6) is -0.923. The minimum Gasteiger partial charge on any atom is -0.352 e. The molecule has 2 N–H and O–H groups in total. The van der Waals surface area contributed by atoms with E-state index in [0.717, 1.165) is 17.7 Å². The fourth-order valence-corrected chi connectivity index (χ4v) is 3.35. The highest BCUT2D eigenvalue weighted by atomic mass is 16.2. The van der Waals surface area contributed by atoms with Gasteiger partial charge in [-0.1, -0.05) is 12.8 Å². The first kappa shape index (κ1) is 13.1. The second-order valence-electron chi connectivity index (χ2n) is 5.77. The van der Waals surface area contributed by atoms with Gasteiger partial charge in [-0.3, -0.25) is 24.6 Å². The van der Waals surface area contributed by atoms with E-state index in [-0.39, 0.29) is 18.5 Å². The van der Waals surface area contributed by atoms with Crippen molar-refractivity contribution in [3.8, 4) is 0 Å². The fourth-order valence-electron chi connectivity index (χ4n) is 3.35. The van der Waals surface area contributed by atoms with Crippen LogP contribution in [0.5, 0.6) is 0 Å². The van der Waals surface area contributed by atoms with Crippen LogP contribution in [0.15, 0.2) is 0 Å². The summed E-state index contributed by atoms with van der Waals surface area (Å²) in [4.78, 5) is 48.8. The van der Waals surface area contributed by atoms with Crippen LogP contribution in [0.2, 0.25) is 0 Å². The molecule has 1 atom stereocenters. The highest BCUT2D eigenvalue weighted by Crippen LogP contribution is 2.41. The second-order valence-corrected chi connectivity index (χ2v) is 5.77. The molecule has 7 heteroatoms. The molecule has 2 saturated heterocycles. The first-order valence-corrected chi connectivity index (χ1v) is 7.00. The summed E-state index contributed by atoms with van der Waals surface area (Å²) in [6.07, 6.45) is 3.66. The largest absolute Gasteiger partial charge is 0.352 e. The molecule has 7 nitrogen and oxygen atoms in total. The van der Waals surface area contributed by atoms with Crippen molar-refractivity contribution in [3.63, 3.8) is 0 Å². The highest BCUT2D eigenvalue weighted by Gasteiger charge is 2.55. The molecule has 1 spiro atoms. The van der Waals surface area contributed by atoms with Crippen LogP contribution in [-0.2, 0) is 14.4 Å². The van der Waals surface area contributed by atoms with Crippen molar-refractivity contribution >= 4 is 23.8 Å². The summed E-state index contributed by atoms with van der Waals surface area (Å²) in [5.41, 5.74) is -1.06. The molecule has 2 aliphatic heterocycles. The van der Waals surface area contributed by atoms with E-state index in [1.54, 1.807) is 0 Å². The lowest BCUT2D eigenvalue weighted by atomic mass is 9.82. The predicted molar refractivity (Wildman–Crippen MR) is 67.3 cm³/mol. The number of amides is 5. The zero-order valence-corrected chi connectivity index (χ0v) is 11.1. The molecule has 1 unspecified atom stereocenters. The van der Waals surface area contributed by atoms with Crippen molar-refractivity contribution < 1.29 is 19.2 Å². The Balaban J connectivity index is 1.79. The third-order valence-electron chi connectivity index (χ3n) is 4.50. The van der Waals surface area contributed by atoms with Crippen LogP contribution in [0.1, 0.15) is 38.5 Å². The first-order valence-electron chi connectivity index (χ1n) is 7.00. The number of carbonyl (C=O) groups excluding carboxylic acids is 4. The zero-order chi connectivity index (χ0) is 14.3. The molecule has 0 aromatic carbocycles. The van der Waals surface area contributed by atoms with Gasteiger partial charge in [-0.05, 0) is 19.3 Å². The van der Waals surface area contributed by atoms with Gasteiger partial charge in [-0.25, -0.2) is 4.79 Å². The third kappa shape index (κ3) is 1.88. The summed E-state index contributed by atoms with van der Waals surface area (Å²) >= 11 is 0. The lowest BCUT2D eigenvalue weighted by Gasteiger charge is -2.37. The average Bonchev–Trinajstić information content (AvgIpc) is 3.03. The molecule has 2 heterocycles. The van der Waals surface area contributed by atoms with E-state index in [1.807, 2.05) is 0 Å². The van der Waals surface area contributed by atoms with Crippen molar-refractivity contribution in [3.05, 3.63) is 0 Å². The highest BCUT2D eigenvalue weighted by molar-refractivity contribution is 6.19. The third-order valence-corrected chi connectivity index (χ3v) is 4.50. The zero-order valence-electron chi connectivity index (χ0n) is 11.1. The number of hydrogen-bond acceptors (Lipinski definition) is 4. The summed E-state index contributed by atoms with van der Waals surface area (Å²) in [6.45, 7) is 0.144. The molecular weight excluding hydrogens is 262 g/mol. The Hall–Kier alpha value is -1.92. The quantitative estimate of drug-likeness (QED) is 0.690. The summed E-state index contributed by atoms with van der Waals surface area (Å²) < 4.78 is 0. The summed E-state index contributed by atoms with van der Waals surface area (Å²) in [5, 5.41) is 5.03. The molecule has 0 radical (unpaired) electrons. The van der Waals surface area contributed by atoms with Crippen LogP contribution < -0.4 is 10.6 Å². The van der Waals surface area contributed by atoms with Gasteiger partial charge in [0.1, 0.15) is 5.41 Å². The number of barbiturate groups is 1. The summed E-state index contributed by atoms with van der Waals surface area (Å²) in [7, 11) is 0. The van der Waals surface area contributed by atoms with E-state index in [2.05, 4.69) is 10.6 Å². The number of rotatable bonds is 2.